The first kappa shape index (κ1) is 14.6. The average Bonchev–Trinajstić information content (AvgIpc) is 2.77. The van der Waals surface area contributed by atoms with Crippen LogP contribution in [-0.4, -0.2) is 26.9 Å². The van der Waals surface area contributed by atoms with Crippen LogP contribution in [0.5, 0.6) is 5.75 Å². The fraction of sp³-hybridized carbons (Fsp3) is 0.562. The maximum absolute atomic E-state index is 9.69. The minimum atomic E-state index is -0.152. The van der Waals surface area contributed by atoms with Gasteiger partial charge < -0.3 is 19.4 Å². The zero-order valence-electron chi connectivity index (χ0n) is 12.5. The van der Waals surface area contributed by atoms with Gasteiger partial charge in [-0.25, -0.2) is 0 Å². The van der Waals surface area contributed by atoms with Gasteiger partial charge in [-0.15, -0.1) is 0 Å². The van der Waals surface area contributed by atoms with Crippen molar-refractivity contribution < 1.29 is 9.84 Å². The summed E-state index contributed by atoms with van der Waals surface area (Å²) in [6, 6.07) is 6.43. The number of rotatable bonds is 3. The second-order valence-corrected chi connectivity index (χ2v) is 6.47. The molecule has 0 aliphatic heterocycles. The number of hydrogen-bond donors (Lipinski definition) is 2. The number of fused-ring (bicyclic) bond motifs is 1. The molecule has 0 atom stereocenters. The fourth-order valence-corrected chi connectivity index (χ4v) is 3.50. The highest BCUT2D eigenvalue weighted by Gasteiger charge is 2.23. The highest BCUT2D eigenvalue weighted by atomic mass is 32.1. The molecule has 2 N–H and O–H groups in total. The third kappa shape index (κ3) is 2.85. The van der Waals surface area contributed by atoms with Gasteiger partial charge in [0, 0.05) is 6.04 Å². The van der Waals surface area contributed by atoms with E-state index >= 15 is 0 Å². The first-order chi connectivity index (χ1) is 10.1. The first-order valence-electron chi connectivity index (χ1n) is 7.64. The number of para-hydroxylation sites is 1. The SMILES string of the molecule is CC(C)Oc1cccc2c1[nH]c(=S)n2C1CCC(O)CC1. The molecule has 0 bridgehead atoms. The molecule has 0 radical (unpaired) electrons. The van der Waals surface area contributed by atoms with Gasteiger partial charge >= 0.3 is 0 Å². The predicted octanol–water partition coefficient (Wildman–Crippen LogP) is 3.96. The molecular formula is C16H22N2O2S. The van der Waals surface area contributed by atoms with Crippen molar-refractivity contribution in [1.29, 1.82) is 0 Å². The summed E-state index contributed by atoms with van der Waals surface area (Å²) in [4.78, 5) is 3.30. The molecule has 1 heterocycles. The summed E-state index contributed by atoms with van der Waals surface area (Å²) in [5.41, 5.74) is 2.07. The Bertz CT molecular complexity index is 681. The van der Waals surface area contributed by atoms with Crippen molar-refractivity contribution in [3.05, 3.63) is 23.0 Å². The quantitative estimate of drug-likeness (QED) is 0.844. The number of ether oxygens (including phenoxy) is 1. The zero-order chi connectivity index (χ0) is 15.0. The van der Waals surface area contributed by atoms with Gasteiger partial charge in [-0.05, 0) is 63.9 Å². The Hall–Kier alpha value is -1.33. The Morgan fingerprint density at radius 2 is 2.00 bits per heavy atom. The van der Waals surface area contributed by atoms with E-state index in [-0.39, 0.29) is 12.2 Å². The lowest BCUT2D eigenvalue weighted by Gasteiger charge is -2.27. The third-order valence-corrected chi connectivity index (χ3v) is 4.41. The molecule has 5 heteroatoms. The monoisotopic (exact) mass is 306 g/mol. The van der Waals surface area contributed by atoms with Gasteiger partial charge in [0.1, 0.15) is 11.3 Å². The van der Waals surface area contributed by atoms with Gasteiger partial charge in [0.2, 0.25) is 0 Å². The number of hydrogen-bond acceptors (Lipinski definition) is 3. The maximum atomic E-state index is 9.69. The van der Waals surface area contributed by atoms with E-state index in [2.05, 4.69) is 15.6 Å². The van der Waals surface area contributed by atoms with Crippen LogP contribution in [0, 0.1) is 4.77 Å². The smallest absolute Gasteiger partial charge is 0.178 e. The van der Waals surface area contributed by atoms with E-state index in [0.29, 0.717) is 6.04 Å². The van der Waals surface area contributed by atoms with Crippen LogP contribution in [0.15, 0.2) is 18.2 Å². The van der Waals surface area contributed by atoms with E-state index in [9.17, 15) is 5.11 Å². The predicted molar refractivity (Wildman–Crippen MR) is 86.4 cm³/mol. The molecule has 0 unspecified atom stereocenters. The highest BCUT2D eigenvalue weighted by Crippen LogP contribution is 2.34. The number of imidazole rings is 1. The molecule has 1 aromatic carbocycles. The topological polar surface area (TPSA) is 50.2 Å². The van der Waals surface area contributed by atoms with Gasteiger partial charge in [0.05, 0.1) is 17.7 Å². The van der Waals surface area contributed by atoms with Crippen LogP contribution >= 0.6 is 12.2 Å². The van der Waals surface area contributed by atoms with Crippen molar-refractivity contribution in [1.82, 2.24) is 9.55 Å². The number of benzene rings is 1. The number of nitrogens with one attached hydrogen (secondary N) is 1. The minimum Gasteiger partial charge on any atom is -0.489 e. The Morgan fingerprint density at radius 3 is 2.67 bits per heavy atom. The molecule has 1 aliphatic rings. The lowest BCUT2D eigenvalue weighted by atomic mass is 9.93. The van der Waals surface area contributed by atoms with Gasteiger partial charge in [-0.1, -0.05) is 6.07 Å². The normalized spacial score (nSPS) is 22.9. The van der Waals surface area contributed by atoms with Crippen LogP contribution in [0.25, 0.3) is 11.0 Å². The van der Waals surface area contributed by atoms with Crippen LogP contribution in [0.4, 0.5) is 0 Å². The van der Waals surface area contributed by atoms with Crippen LogP contribution < -0.4 is 4.74 Å². The fourth-order valence-electron chi connectivity index (χ4n) is 3.15. The number of aliphatic hydroxyl groups is 1. The second kappa shape index (κ2) is 5.81. The van der Waals surface area contributed by atoms with Crippen molar-refractivity contribution in [3.8, 4) is 5.75 Å². The molecule has 2 aromatic rings. The lowest BCUT2D eigenvalue weighted by Crippen LogP contribution is -2.21. The number of H-pyrrole nitrogens is 1. The van der Waals surface area contributed by atoms with E-state index in [1.807, 2.05) is 26.0 Å². The van der Waals surface area contributed by atoms with Crippen LogP contribution in [0.3, 0.4) is 0 Å². The third-order valence-electron chi connectivity index (χ3n) is 4.11. The standard InChI is InChI=1S/C16H22N2O2S/c1-10(2)20-14-5-3-4-13-15(14)17-16(21)18(13)11-6-8-12(19)9-7-11/h3-5,10-12,19H,6-9H2,1-2H3,(H,17,21). The largest absolute Gasteiger partial charge is 0.489 e. The molecule has 1 saturated carbocycles. The Kier molecular flexibility index (Phi) is 4.04. The summed E-state index contributed by atoms with van der Waals surface area (Å²) in [7, 11) is 0. The van der Waals surface area contributed by atoms with E-state index in [0.717, 1.165) is 47.2 Å². The van der Waals surface area contributed by atoms with Crippen LogP contribution in [0.2, 0.25) is 0 Å². The Balaban J connectivity index is 2.03. The number of nitrogens with zero attached hydrogens (tertiary/aromatic N) is 1. The summed E-state index contributed by atoms with van der Waals surface area (Å²) in [6.45, 7) is 4.04. The maximum Gasteiger partial charge on any atom is 0.178 e. The lowest BCUT2D eigenvalue weighted by molar-refractivity contribution is 0.111. The van der Waals surface area contributed by atoms with Crippen LogP contribution in [-0.2, 0) is 0 Å². The number of aromatic amines is 1. The highest BCUT2D eigenvalue weighted by molar-refractivity contribution is 7.71. The van der Waals surface area contributed by atoms with Crippen molar-refractivity contribution in [2.45, 2.75) is 57.8 Å². The van der Waals surface area contributed by atoms with Gasteiger partial charge in [-0.2, -0.15) is 0 Å². The Morgan fingerprint density at radius 1 is 1.29 bits per heavy atom. The van der Waals surface area contributed by atoms with E-state index < -0.39 is 0 Å². The molecule has 114 valence electrons. The number of aliphatic hydroxyl groups excluding tert-OH is 1. The summed E-state index contributed by atoms with van der Waals surface area (Å²) in [5.74, 6) is 0.850. The van der Waals surface area contributed by atoms with Crippen molar-refractivity contribution in [2.75, 3.05) is 0 Å². The molecule has 4 nitrogen and oxygen atoms in total. The summed E-state index contributed by atoms with van der Waals surface area (Å²) >= 11 is 5.53. The van der Waals surface area contributed by atoms with Gasteiger partial charge in [0.15, 0.2) is 4.77 Å². The second-order valence-electron chi connectivity index (χ2n) is 6.08. The molecule has 0 saturated heterocycles. The first-order valence-corrected chi connectivity index (χ1v) is 8.05. The molecular weight excluding hydrogens is 284 g/mol. The van der Waals surface area contributed by atoms with Crippen molar-refractivity contribution in [3.63, 3.8) is 0 Å². The van der Waals surface area contributed by atoms with E-state index in [1.54, 1.807) is 0 Å². The summed E-state index contributed by atoms with van der Waals surface area (Å²) in [5, 5.41) is 9.69. The average molecular weight is 306 g/mol. The Labute approximate surface area is 129 Å². The minimum absolute atomic E-state index is 0.130. The molecule has 3 rings (SSSR count). The molecule has 1 aromatic heterocycles. The van der Waals surface area contributed by atoms with E-state index in [4.69, 9.17) is 17.0 Å². The van der Waals surface area contributed by atoms with Crippen molar-refractivity contribution >= 4 is 23.3 Å². The summed E-state index contributed by atoms with van der Waals surface area (Å²) in [6.07, 6.45) is 3.61. The van der Waals surface area contributed by atoms with Crippen molar-refractivity contribution in [2.24, 2.45) is 0 Å². The van der Waals surface area contributed by atoms with Gasteiger partial charge in [-0.3, -0.25) is 0 Å². The van der Waals surface area contributed by atoms with Crippen LogP contribution in [0.1, 0.15) is 45.6 Å². The van der Waals surface area contributed by atoms with E-state index in [1.165, 1.54) is 0 Å². The van der Waals surface area contributed by atoms with Gasteiger partial charge in [0.25, 0.3) is 0 Å². The molecule has 0 spiro atoms. The molecule has 0 amide bonds. The summed E-state index contributed by atoms with van der Waals surface area (Å²) < 4.78 is 8.81. The number of aromatic nitrogens is 2. The zero-order valence-corrected chi connectivity index (χ0v) is 13.3. The molecule has 1 fully saturated rings. The molecule has 21 heavy (non-hydrogen) atoms. The molecule has 1 aliphatic carbocycles.